The van der Waals surface area contributed by atoms with Gasteiger partial charge in [0.15, 0.2) is 0 Å². The van der Waals surface area contributed by atoms with Crippen LogP contribution in [0.1, 0.15) is 56.5 Å². The lowest BCUT2D eigenvalue weighted by atomic mass is 9.89. The number of rotatable bonds is 6. The van der Waals surface area contributed by atoms with E-state index in [1.54, 1.807) is 17.5 Å². The molecule has 1 amide bonds. The summed E-state index contributed by atoms with van der Waals surface area (Å²) in [5.41, 5.74) is 0.0506. The number of nitrogens with zero attached hydrogens (tertiary/aromatic N) is 2. The minimum Gasteiger partial charge on any atom is -0.379 e. The van der Waals surface area contributed by atoms with E-state index in [-0.39, 0.29) is 17.5 Å². The van der Waals surface area contributed by atoms with Gasteiger partial charge in [0.25, 0.3) is 0 Å². The van der Waals surface area contributed by atoms with Crippen LogP contribution in [-0.2, 0) is 9.53 Å². The molecule has 1 unspecified atom stereocenters. The second-order valence-corrected chi connectivity index (χ2v) is 7.53. The maximum absolute atomic E-state index is 12.7. The van der Waals surface area contributed by atoms with E-state index in [0.29, 0.717) is 6.42 Å². The molecule has 6 heteroatoms. The molecule has 5 nitrogen and oxygen atoms in total. The standard InChI is InChI=1S/C17H27N3O2S/c1-2-14(16-18-7-12-23-16)19-15(21)13-17(5-3-4-6-17)20-8-10-22-11-9-20/h7,12,14H,2-6,8-11,13H2,1H3,(H,19,21). The van der Waals surface area contributed by atoms with E-state index in [1.807, 2.05) is 5.38 Å². The molecule has 0 aromatic carbocycles. The number of ether oxygens (including phenoxy) is 1. The molecular formula is C17H27N3O2S. The summed E-state index contributed by atoms with van der Waals surface area (Å²) in [6.45, 7) is 5.59. The Bertz CT molecular complexity index is 494. The van der Waals surface area contributed by atoms with Crippen molar-refractivity contribution in [2.45, 2.75) is 57.0 Å². The zero-order valence-electron chi connectivity index (χ0n) is 13.9. The number of carbonyl (C=O) groups excluding carboxylic acids is 1. The van der Waals surface area contributed by atoms with Crippen molar-refractivity contribution in [2.75, 3.05) is 26.3 Å². The van der Waals surface area contributed by atoms with Gasteiger partial charge in [-0.1, -0.05) is 19.8 Å². The Morgan fingerprint density at radius 2 is 2.17 bits per heavy atom. The van der Waals surface area contributed by atoms with E-state index < -0.39 is 0 Å². The van der Waals surface area contributed by atoms with E-state index in [0.717, 1.165) is 50.6 Å². The average Bonchev–Trinajstić information content (AvgIpc) is 3.26. The van der Waals surface area contributed by atoms with Gasteiger partial charge in [0, 0.05) is 36.6 Å². The Hall–Kier alpha value is -0.980. The minimum atomic E-state index is 0.0469. The Kier molecular flexibility index (Phi) is 5.67. The summed E-state index contributed by atoms with van der Waals surface area (Å²) < 4.78 is 5.49. The highest BCUT2D eigenvalue weighted by Gasteiger charge is 2.41. The van der Waals surface area contributed by atoms with E-state index in [2.05, 4.69) is 22.1 Å². The molecule has 0 spiro atoms. The van der Waals surface area contributed by atoms with Gasteiger partial charge in [-0.25, -0.2) is 4.98 Å². The third-order valence-corrected chi connectivity index (χ3v) is 6.09. The lowest BCUT2D eigenvalue weighted by Crippen LogP contribution is -2.54. The topological polar surface area (TPSA) is 54.5 Å². The Morgan fingerprint density at radius 3 is 2.78 bits per heavy atom. The number of aromatic nitrogens is 1. The molecule has 1 aromatic rings. The van der Waals surface area contributed by atoms with Crippen LogP contribution in [-0.4, -0.2) is 47.6 Å². The van der Waals surface area contributed by atoms with Gasteiger partial charge in [-0.15, -0.1) is 11.3 Å². The van der Waals surface area contributed by atoms with E-state index in [1.165, 1.54) is 12.8 Å². The van der Waals surface area contributed by atoms with Crippen molar-refractivity contribution in [1.29, 1.82) is 0 Å². The molecule has 1 aliphatic carbocycles. The lowest BCUT2D eigenvalue weighted by Gasteiger charge is -2.43. The van der Waals surface area contributed by atoms with Crippen LogP contribution in [0.25, 0.3) is 0 Å². The molecule has 1 aromatic heterocycles. The van der Waals surface area contributed by atoms with Gasteiger partial charge in [0.1, 0.15) is 5.01 Å². The monoisotopic (exact) mass is 337 g/mol. The molecular weight excluding hydrogens is 310 g/mol. The summed E-state index contributed by atoms with van der Waals surface area (Å²) in [5.74, 6) is 0.167. The minimum absolute atomic E-state index is 0.0469. The molecule has 1 saturated carbocycles. The average molecular weight is 337 g/mol. The van der Waals surface area contributed by atoms with Gasteiger partial charge in [0.05, 0.1) is 19.3 Å². The van der Waals surface area contributed by atoms with Crippen LogP contribution in [0.15, 0.2) is 11.6 Å². The molecule has 0 radical (unpaired) electrons. The summed E-state index contributed by atoms with van der Waals surface area (Å²) in [7, 11) is 0. The predicted molar refractivity (Wildman–Crippen MR) is 91.5 cm³/mol. The summed E-state index contributed by atoms with van der Waals surface area (Å²) >= 11 is 1.61. The molecule has 128 valence electrons. The zero-order valence-corrected chi connectivity index (χ0v) is 14.7. The fourth-order valence-corrected chi connectivity index (χ4v) is 4.74. The highest BCUT2D eigenvalue weighted by molar-refractivity contribution is 7.09. The van der Waals surface area contributed by atoms with Crippen LogP contribution in [0.3, 0.4) is 0 Å². The first-order valence-corrected chi connectivity index (χ1v) is 9.63. The molecule has 1 atom stereocenters. The number of morpholine rings is 1. The largest absolute Gasteiger partial charge is 0.379 e. The van der Waals surface area contributed by atoms with Crippen LogP contribution in [0.2, 0.25) is 0 Å². The molecule has 3 rings (SSSR count). The maximum Gasteiger partial charge on any atom is 0.222 e. The Balaban J connectivity index is 1.64. The quantitative estimate of drug-likeness (QED) is 0.867. The van der Waals surface area contributed by atoms with E-state index in [9.17, 15) is 4.79 Å². The molecule has 2 fully saturated rings. The van der Waals surface area contributed by atoms with Crippen LogP contribution in [0.4, 0.5) is 0 Å². The summed E-state index contributed by atoms with van der Waals surface area (Å²) in [6, 6.07) is 0.0469. The van der Waals surface area contributed by atoms with Crippen molar-refractivity contribution in [3.63, 3.8) is 0 Å². The highest BCUT2D eigenvalue weighted by Crippen LogP contribution is 2.38. The van der Waals surface area contributed by atoms with Crippen molar-refractivity contribution in [1.82, 2.24) is 15.2 Å². The first-order chi connectivity index (χ1) is 11.2. The van der Waals surface area contributed by atoms with Gasteiger partial charge in [-0.3, -0.25) is 9.69 Å². The SMILES string of the molecule is CCC(NC(=O)CC1(N2CCOCC2)CCCC1)c1nccs1. The molecule has 2 aliphatic rings. The molecule has 2 heterocycles. The molecule has 23 heavy (non-hydrogen) atoms. The highest BCUT2D eigenvalue weighted by atomic mass is 32.1. The first-order valence-electron chi connectivity index (χ1n) is 8.75. The number of carbonyl (C=O) groups is 1. The lowest BCUT2D eigenvalue weighted by molar-refractivity contribution is -0.126. The summed E-state index contributed by atoms with van der Waals surface area (Å²) in [4.78, 5) is 19.6. The zero-order chi connectivity index (χ0) is 16.1. The predicted octanol–water partition coefficient (Wildman–Crippen LogP) is 2.75. The summed E-state index contributed by atoms with van der Waals surface area (Å²) in [6.07, 6.45) is 8.02. The van der Waals surface area contributed by atoms with Crippen LogP contribution in [0.5, 0.6) is 0 Å². The third kappa shape index (κ3) is 3.92. The fraction of sp³-hybridized carbons (Fsp3) is 0.765. The van der Waals surface area contributed by atoms with Gasteiger partial charge < -0.3 is 10.1 Å². The summed E-state index contributed by atoms with van der Waals surface area (Å²) in [5, 5.41) is 6.19. The Morgan fingerprint density at radius 1 is 1.43 bits per heavy atom. The van der Waals surface area contributed by atoms with Gasteiger partial charge in [-0.05, 0) is 19.3 Å². The number of thiazole rings is 1. The van der Waals surface area contributed by atoms with Crippen molar-refractivity contribution >= 4 is 17.2 Å². The van der Waals surface area contributed by atoms with Gasteiger partial charge in [0.2, 0.25) is 5.91 Å². The second-order valence-electron chi connectivity index (χ2n) is 6.61. The number of hydrogen-bond donors (Lipinski definition) is 1. The van der Waals surface area contributed by atoms with Crippen molar-refractivity contribution < 1.29 is 9.53 Å². The molecule has 0 bridgehead atoms. The van der Waals surface area contributed by atoms with Crippen molar-refractivity contribution in [3.8, 4) is 0 Å². The maximum atomic E-state index is 12.7. The normalized spacial score (nSPS) is 22.8. The fourth-order valence-electron chi connectivity index (χ4n) is 3.96. The molecule has 1 saturated heterocycles. The molecule has 1 aliphatic heterocycles. The van der Waals surface area contributed by atoms with E-state index in [4.69, 9.17) is 4.74 Å². The van der Waals surface area contributed by atoms with Gasteiger partial charge in [-0.2, -0.15) is 0 Å². The van der Waals surface area contributed by atoms with Crippen molar-refractivity contribution in [3.05, 3.63) is 16.6 Å². The number of nitrogens with one attached hydrogen (secondary N) is 1. The second kappa shape index (κ2) is 7.73. The number of hydrogen-bond acceptors (Lipinski definition) is 5. The Labute approximate surface area is 142 Å². The molecule has 1 N–H and O–H groups in total. The van der Waals surface area contributed by atoms with Crippen LogP contribution in [0, 0.1) is 0 Å². The van der Waals surface area contributed by atoms with Crippen LogP contribution < -0.4 is 5.32 Å². The van der Waals surface area contributed by atoms with E-state index >= 15 is 0 Å². The number of amides is 1. The van der Waals surface area contributed by atoms with Gasteiger partial charge >= 0.3 is 0 Å². The first kappa shape index (κ1) is 16.9. The smallest absolute Gasteiger partial charge is 0.222 e. The van der Waals surface area contributed by atoms with Crippen molar-refractivity contribution in [2.24, 2.45) is 0 Å². The third-order valence-electron chi connectivity index (χ3n) is 5.20. The van der Waals surface area contributed by atoms with Crippen LogP contribution >= 0.6 is 11.3 Å².